The lowest BCUT2D eigenvalue weighted by Crippen LogP contribution is -2.36. The molecule has 0 spiro atoms. The Morgan fingerprint density at radius 1 is 1.53 bits per heavy atom. The van der Waals surface area contributed by atoms with Gasteiger partial charge < -0.3 is 15.3 Å². The molecule has 1 rings (SSSR count). The molecule has 0 saturated heterocycles. The van der Waals surface area contributed by atoms with E-state index in [1.807, 2.05) is 0 Å². The van der Waals surface area contributed by atoms with Crippen molar-refractivity contribution in [3.63, 3.8) is 0 Å². The van der Waals surface area contributed by atoms with Gasteiger partial charge in [-0.25, -0.2) is 0 Å². The van der Waals surface area contributed by atoms with E-state index >= 15 is 0 Å². The summed E-state index contributed by atoms with van der Waals surface area (Å²) in [5, 5.41) is 11.8. The molecule has 0 heterocycles. The van der Waals surface area contributed by atoms with Gasteiger partial charge in [0.05, 0.1) is 0 Å². The van der Waals surface area contributed by atoms with E-state index in [1.54, 1.807) is 0 Å². The molecular formula is C12H20N2O3. The Bertz CT molecular complexity index is 302. The Morgan fingerprint density at radius 3 is 2.88 bits per heavy atom. The smallest absolute Gasteiger partial charge is 0.323 e. The highest BCUT2D eigenvalue weighted by Gasteiger charge is 2.12. The lowest BCUT2D eigenvalue weighted by atomic mass is 10.0. The molecule has 0 aromatic rings. The fourth-order valence-electron chi connectivity index (χ4n) is 1.83. The predicted octanol–water partition coefficient (Wildman–Crippen LogP) is 0.618. The maximum absolute atomic E-state index is 11.5. The van der Waals surface area contributed by atoms with E-state index in [1.165, 1.54) is 18.4 Å². The molecule has 1 amide bonds. The standard InChI is InChI=1S/C12H20N2O3/c1-14(9-12(16)17)11(15)7-8-13-10-5-3-2-4-6-10/h3,5,10,13H,2,4,6-9H2,1H3,(H,16,17). The van der Waals surface area contributed by atoms with Gasteiger partial charge in [-0.2, -0.15) is 0 Å². The molecule has 5 nitrogen and oxygen atoms in total. The van der Waals surface area contributed by atoms with Gasteiger partial charge in [-0.05, 0) is 19.3 Å². The molecule has 0 bridgehead atoms. The zero-order valence-corrected chi connectivity index (χ0v) is 10.2. The first-order valence-electron chi connectivity index (χ1n) is 5.95. The fourth-order valence-corrected chi connectivity index (χ4v) is 1.83. The molecule has 0 aromatic heterocycles. The normalized spacial score (nSPS) is 19.0. The van der Waals surface area contributed by atoms with Crippen LogP contribution >= 0.6 is 0 Å². The molecule has 0 aromatic carbocycles. The van der Waals surface area contributed by atoms with E-state index in [2.05, 4.69) is 17.5 Å². The maximum Gasteiger partial charge on any atom is 0.323 e. The minimum Gasteiger partial charge on any atom is -0.480 e. The number of rotatable bonds is 6. The van der Waals surface area contributed by atoms with Crippen LogP contribution < -0.4 is 5.32 Å². The van der Waals surface area contributed by atoms with Crippen LogP contribution in [0.3, 0.4) is 0 Å². The monoisotopic (exact) mass is 240 g/mol. The van der Waals surface area contributed by atoms with Crippen molar-refractivity contribution in [2.45, 2.75) is 31.7 Å². The zero-order chi connectivity index (χ0) is 12.7. The van der Waals surface area contributed by atoms with Crippen molar-refractivity contribution in [3.05, 3.63) is 12.2 Å². The topological polar surface area (TPSA) is 69.6 Å². The van der Waals surface area contributed by atoms with Crippen molar-refractivity contribution in [2.75, 3.05) is 20.1 Å². The summed E-state index contributed by atoms with van der Waals surface area (Å²) in [5.41, 5.74) is 0. The number of carboxylic acid groups (broad SMARTS) is 1. The highest BCUT2D eigenvalue weighted by atomic mass is 16.4. The number of carbonyl (C=O) groups is 2. The van der Waals surface area contributed by atoms with Crippen LogP contribution in [0, 0.1) is 0 Å². The van der Waals surface area contributed by atoms with Crippen LogP contribution in [-0.4, -0.2) is 48.1 Å². The number of nitrogens with one attached hydrogen (secondary N) is 1. The molecule has 0 saturated carbocycles. The minimum atomic E-state index is -0.982. The number of carbonyl (C=O) groups excluding carboxylic acids is 1. The van der Waals surface area contributed by atoms with Gasteiger partial charge in [-0.3, -0.25) is 9.59 Å². The number of amides is 1. The van der Waals surface area contributed by atoms with E-state index in [0.717, 1.165) is 12.8 Å². The SMILES string of the molecule is CN(CC(=O)O)C(=O)CCNC1C=CCCC1. The van der Waals surface area contributed by atoms with Crippen molar-refractivity contribution in [2.24, 2.45) is 0 Å². The summed E-state index contributed by atoms with van der Waals surface area (Å²) in [4.78, 5) is 23.2. The highest BCUT2D eigenvalue weighted by Crippen LogP contribution is 2.09. The van der Waals surface area contributed by atoms with Crippen LogP contribution in [0.2, 0.25) is 0 Å². The van der Waals surface area contributed by atoms with Crippen molar-refractivity contribution < 1.29 is 14.7 Å². The van der Waals surface area contributed by atoms with E-state index < -0.39 is 5.97 Å². The van der Waals surface area contributed by atoms with Gasteiger partial charge in [0.1, 0.15) is 6.54 Å². The average molecular weight is 240 g/mol. The summed E-state index contributed by atoms with van der Waals surface area (Å²) in [6, 6.07) is 0.362. The minimum absolute atomic E-state index is 0.139. The van der Waals surface area contributed by atoms with Crippen molar-refractivity contribution in [1.29, 1.82) is 0 Å². The number of hydrogen-bond acceptors (Lipinski definition) is 3. The molecule has 1 atom stereocenters. The van der Waals surface area contributed by atoms with Crippen LogP contribution in [0.15, 0.2) is 12.2 Å². The van der Waals surface area contributed by atoms with Gasteiger partial charge in [0.15, 0.2) is 0 Å². The highest BCUT2D eigenvalue weighted by molar-refractivity contribution is 5.81. The first kappa shape index (κ1) is 13.7. The summed E-state index contributed by atoms with van der Waals surface area (Å²) < 4.78 is 0. The summed E-state index contributed by atoms with van der Waals surface area (Å²) >= 11 is 0. The van der Waals surface area contributed by atoms with Gasteiger partial charge in [0.2, 0.25) is 5.91 Å². The second-order valence-electron chi connectivity index (χ2n) is 4.31. The quantitative estimate of drug-likeness (QED) is 0.668. The summed E-state index contributed by atoms with van der Waals surface area (Å²) in [5.74, 6) is -1.12. The Morgan fingerprint density at radius 2 is 2.29 bits per heavy atom. The Kier molecular flexibility index (Phi) is 5.69. The zero-order valence-electron chi connectivity index (χ0n) is 10.2. The lowest BCUT2D eigenvalue weighted by Gasteiger charge is -2.19. The molecule has 0 aliphatic heterocycles. The number of nitrogens with zero attached hydrogens (tertiary/aromatic N) is 1. The third-order valence-corrected chi connectivity index (χ3v) is 2.80. The summed E-state index contributed by atoms with van der Waals surface area (Å²) in [6.45, 7) is 0.361. The average Bonchev–Trinajstić information content (AvgIpc) is 2.29. The number of carboxylic acids is 1. The van der Waals surface area contributed by atoms with Crippen LogP contribution in [0.5, 0.6) is 0 Å². The summed E-state index contributed by atoms with van der Waals surface area (Å²) in [7, 11) is 1.51. The van der Waals surface area contributed by atoms with Crippen LogP contribution in [0.4, 0.5) is 0 Å². The third kappa shape index (κ3) is 5.49. The molecule has 1 aliphatic rings. The predicted molar refractivity (Wildman–Crippen MR) is 64.7 cm³/mol. The summed E-state index contributed by atoms with van der Waals surface area (Å²) in [6.07, 6.45) is 8.05. The molecule has 2 N–H and O–H groups in total. The van der Waals surface area contributed by atoms with E-state index in [-0.39, 0.29) is 12.5 Å². The van der Waals surface area contributed by atoms with Crippen molar-refractivity contribution in [1.82, 2.24) is 10.2 Å². The van der Waals surface area contributed by atoms with Gasteiger partial charge in [-0.1, -0.05) is 12.2 Å². The maximum atomic E-state index is 11.5. The van der Waals surface area contributed by atoms with E-state index in [0.29, 0.717) is 19.0 Å². The van der Waals surface area contributed by atoms with E-state index in [9.17, 15) is 9.59 Å². The fraction of sp³-hybridized carbons (Fsp3) is 0.667. The molecular weight excluding hydrogens is 220 g/mol. The molecule has 1 aliphatic carbocycles. The van der Waals surface area contributed by atoms with Crippen LogP contribution in [0.1, 0.15) is 25.7 Å². The van der Waals surface area contributed by atoms with Gasteiger partial charge in [-0.15, -0.1) is 0 Å². The van der Waals surface area contributed by atoms with Gasteiger partial charge in [0.25, 0.3) is 0 Å². The first-order valence-corrected chi connectivity index (χ1v) is 5.95. The molecule has 0 fully saturated rings. The molecule has 17 heavy (non-hydrogen) atoms. The van der Waals surface area contributed by atoms with Crippen molar-refractivity contribution >= 4 is 11.9 Å². The second kappa shape index (κ2) is 7.06. The largest absolute Gasteiger partial charge is 0.480 e. The molecule has 1 unspecified atom stereocenters. The van der Waals surface area contributed by atoms with E-state index in [4.69, 9.17) is 5.11 Å². The second-order valence-corrected chi connectivity index (χ2v) is 4.31. The Balaban J connectivity index is 2.17. The van der Waals surface area contributed by atoms with Gasteiger partial charge in [0, 0.05) is 26.1 Å². The number of allylic oxidation sites excluding steroid dienone is 1. The molecule has 5 heteroatoms. The lowest BCUT2D eigenvalue weighted by molar-refractivity contribution is -0.143. The van der Waals surface area contributed by atoms with Crippen LogP contribution in [-0.2, 0) is 9.59 Å². The number of likely N-dealkylation sites (N-methyl/N-ethyl adjacent to an activating group) is 1. The van der Waals surface area contributed by atoms with Crippen LogP contribution in [0.25, 0.3) is 0 Å². The number of hydrogen-bond donors (Lipinski definition) is 2. The molecule has 96 valence electrons. The number of aliphatic carboxylic acids is 1. The Hall–Kier alpha value is -1.36. The molecule has 0 radical (unpaired) electrons. The Labute approximate surface area is 101 Å². The van der Waals surface area contributed by atoms with Crippen molar-refractivity contribution in [3.8, 4) is 0 Å². The third-order valence-electron chi connectivity index (χ3n) is 2.80. The van der Waals surface area contributed by atoms with Gasteiger partial charge >= 0.3 is 5.97 Å². The first-order chi connectivity index (χ1) is 8.09.